The normalized spacial score (nSPS) is 15.8. The SMILES string of the molecule is CCn1c(=S)[nH]c(=S)c2[nH]c(C3CC3)nc21. The first-order chi connectivity index (χ1) is 7.70. The summed E-state index contributed by atoms with van der Waals surface area (Å²) in [7, 11) is 0. The highest BCUT2D eigenvalue weighted by molar-refractivity contribution is 7.72. The number of aromatic nitrogens is 4. The van der Waals surface area contributed by atoms with E-state index in [1.54, 1.807) is 0 Å². The van der Waals surface area contributed by atoms with Gasteiger partial charge in [0, 0.05) is 12.5 Å². The molecule has 6 heteroatoms. The van der Waals surface area contributed by atoms with Crippen molar-refractivity contribution >= 4 is 35.6 Å². The molecule has 0 aliphatic heterocycles. The molecule has 2 aromatic heterocycles. The Morgan fingerprint density at radius 2 is 2.12 bits per heavy atom. The van der Waals surface area contributed by atoms with E-state index in [1.807, 2.05) is 4.57 Å². The van der Waals surface area contributed by atoms with Crippen LogP contribution in [0.5, 0.6) is 0 Å². The van der Waals surface area contributed by atoms with Crippen LogP contribution in [0.3, 0.4) is 0 Å². The van der Waals surface area contributed by atoms with Crippen molar-refractivity contribution < 1.29 is 0 Å². The topological polar surface area (TPSA) is 49.4 Å². The fourth-order valence-corrected chi connectivity index (χ4v) is 2.52. The highest BCUT2D eigenvalue weighted by Gasteiger charge is 2.27. The molecule has 1 aliphatic rings. The van der Waals surface area contributed by atoms with Crippen LogP contribution in [0, 0.1) is 9.41 Å². The van der Waals surface area contributed by atoms with Gasteiger partial charge in [0.1, 0.15) is 16.0 Å². The maximum absolute atomic E-state index is 5.26. The smallest absolute Gasteiger partial charge is 0.179 e. The predicted octanol–water partition coefficient (Wildman–Crippen LogP) is 3.05. The van der Waals surface area contributed by atoms with Gasteiger partial charge in [-0.25, -0.2) is 4.98 Å². The van der Waals surface area contributed by atoms with Crippen molar-refractivity contribution in [2.75, 3.05) is 0 Å². The molecule has 16 heavy (non-hydrogen) atoms. The number of nitrogens with one attached hydrogen (secondary N) is 2. The molecule has 0 bridgehead atoms. The Balaban J connectivity index is 2.38. The fraction of sp³-hybridized carbons (Fsp3) is 0.500. The van der Waals surface area contributed by atoms with E-state index in [2.05, 4.69) is 21.9 Å². The van der Waals surface area contributed by atoms with Gasteiger partial charge in [0.15, 0.2) is 10.4 Å². The van der Waals surface area contributed by atoms with Crippen molar-refractivity contribution in [3.8, 4) is 0 Å². The molecule has 1 aliphatic carbocycles. The monoisotopic (exact) mass is 252 g/mol. The number of imidazole rings is 1. The Bertz CT molecular complexity index is 659. The molecule has 2 heterocycles. The third-order valence-electron chi connectivity index (χ3n) is 2.93. The second kappa shape index (κ2) is 3.49. The maximum Gasteiger partial charge on any atom is 0.179 e. The van der Waals surface area contributed by atoms with Gasteiger partial charge in [0.05, 0.1) is 0 Å². The minimum atomic E-state index is 0.598. The molecule has 2 N–H and O–H groups in total. The van der Waals surface area contributed by atoms with Gasteiger partial charge in [-0.05, 0) is 32.0 Å². The van der Waals surface area contributed by atoms with Crippen molar-refractivity contribution in [3.63, 3.8) is 0 Å². The quantitative estimate of drug-likeness (QED) is 0.808. The van der Waals surface area contributed by atoms with Gasteiger partial charge in [-0.1, -0.05) is 12.2 Å². The number of aryl methyl sites for hydroxylation is 1. The zero-order valence-electron chi connectivity index (χ0n) is 8.91. The van der Waals surface area contributed by atoms with Crippen molar-refractivity contribution in [3.05, 3.63) is 15.2 Å². The van der Waals surface area contributed by atoms with Crippen LogP contribution in [0.25, 0.3) is 11.2 Å². The van der Waals surface area contributed by atoms with E-state index in [-0.39, 0.29) is 0 Å². The van der Waals surface area contributed by atoms with Crippen LogP contribution in [-0.2, 0) is 6.54 Å². The minimum Gasteiger partial charge on any atom is -0.338 e. The van der Waals surface area contributed by atoms with Gasteiger partial charge in [0.2, 0.25) is 0 Å². The largest absolute Gasteiger partial charge is 0.338 e. The van der Waals surface area contributed by atoms with E-state index in [0.717, 1.165) is 23.5 Å². The zero-order chi connectivity index (χ0) is 11.3. The Kier molecular flexibility index (Phi) is 2.22. The van der Waals surface area contributed by atoms with Crippen LogP contribution in [0.15, 0.2) is 0 Å². The molecule has 0 unspecified atom stereocenters. The third kappa shape index (κ3) is 1.44. The molecule has 0 atom stereocenters. The van der Waals surface area contributed by atoms with E-state index in [4.69, 9.17) is 24.4 Å². The number of nitrogens with zero attached hydrogens (tertiary/aromatic N) is 2. The Morgan fingerprint density at radius 1 is 1.38 bits per heavy atom. The van der Waals surface area contributed by atoms with Crippen LogP contribution in [0.1, 0.15) is 31.5 Å². The van der Waals surface area contributed by atoms with Gasteiger partial charge in [-0.2, -0.15) is 0 Å². The van der Waals surface area contributed by atoms with E-state index in [1.165, 1.54) is 12.8 Å². The first kappa shape index (κ1) is 10.2. The lowest BCUT2D eigenvalue weighted by atomic mass is 10.4. The molecule has 0 aromatic carbocycles. The molecule has 0 radical (unpaired) electrons. The van der Waals surface area contributed by atoms with Gasteiger partial charge >= 0.3 is 0 Å². The average molecular weight is 252 g/mol. The summed E-state index contributed by atoms with van der Waals surface area (Å²) in [6.45, 7) is 2.86. The number of fused-ring (bicyclic) bond motifs is 1. The lowest BCUT2D eigenvalue weighted by Gasteiger charge is -2.03. The van der Waals surface area contributed by atoms with Crippen LogP contribution < -0.4 is 0 Å². The number of hydrogen-bond acceptors (Lipinski definition) is 3. The van der Waals surface area contributed by atoms with Crippen molar-refractivity contribution in [1.29, 1.82) is 0 Å². The highest BCUT2D eigenvalue weighted by Crippen LogP contribution is 2.38. The van der Waals surface area contributed by atoms with Gasteiger partial charge in [0.25, 0.3) is 0 Å². The molecule has 3 rings (SSSR count). The third-order valence-corrected chi connectivity index (χ3v) is 3.56. The van der Waals surface area contributed by atoms with Gasteiger partial charge in [-0.3, -0.25) is 0 Å². The molecule has 4 nitrogen and oxygen atoms in total. The van der Waals surface area contributed by atoms with Crippen LogP contribution >= 0.6 is 24.4 Å². The minimum absolute atomic E-state index is 0.598. The van der Waals surface area contributed by atoms with Crippen molar-refractivity contribution in [2.45, 2.75) is 32.2 Å². The number of aromatic amines is 2. The molecule has 0 amide bonds. The second-order valence-electron chi connectivity index (χ2n) is 4.10. The lowest BCUT2D eigenvalue weighted by Crippen LogP contribution is -2.02. The zero-order valence-corrected chi connectivity index (χ0v) is 10.5. The summed E-state index contributed by atoms with van der Waals surface area (Å²) in [4.78, 5) is 11.0. The van der Waals surface area contributed by atoms with Crippen molar-refractivity contribution in [2.24, 2.45) is 0 Å². The number of hydrogen-bond donors (Lipinski definition) is 2. The fourth-order valence-electron chi connectivity index (χ4n) is 1.90. The summed E-state index contributed by atoms with van der Waals surface area (Å²) in [6.07, 6.45) is 2.45. The van der Waals surface area contributed by atoms with Gasteiger partial charge < -0.3 is 14.5 Å². The number of rotatable bonds is 2. The molecule has 1 saturated carbocycles. The summed E-state index contributed by atoms with van der Waals surface area (Å²) in [5, 5.41) is 0. The molecule has 0 spiro atoms. The average Bonchev–Trinajstić information content (AvgIpc) is 2.99. The van der Waals surface area contributed by atoms with Crippen LogP contribution in [0.2, 0.25) is 0 Å². The summed E-state index contributed by atoms with van der Waals surface area (Å²) >= 11 is 10.5. The van der Waals surface area contributed by atoms with Crippen LogP contribution in [-0.4, -0.2) is 19.5 Å². The lowest BCUT2D eigenvalue weighted by molar-refractivity contribution is 0.743. The summed E-state index contributed by atoms with van der Waals surface area (Å²) in [6, 6.07) is 0. The highest BCUT2D eigenvalue weighted by atomic mass is 32.1. The molecule has 0 saturated heterocycles. The van der Waals surface area contributed by atoms with E-state index >= 15 is 0 Å². The Hall–Kier alpha value is -1.01. The molecular weight excluding hydrogens is 240 g/mol. The Labute approximate surface area is 103 Å². The summed E-state index contributed by atoms with van der Waals surface area (Å²) in [5.41, 5.74) is 1.80. The van der Waals surface area contributed by atoms with Crippen molar-refractivity contribution in [1.82, 2.24) is 19.5 Å². The number of H-pyrrole nitrogens is 2. The maximum atomic E-state index is 5.26. The first-order valence-electron chi connectivity index (χ1n) is 5.43. The Morgan fingerprint density at radius 3 is 2.75 bits per heavy atom. The standard InChI is InChI=1S/C10H12N4S2/c1-2-14-8-6(9(15)13-10(14)16)11-7(12-8)5-3-4-5/h5H,2-4H2,1H3,(H,11,12)(H,13,15,16). The molecular formula is C10H12N4S2. The summed E-state index contributed by atoms with van der Waals surface area (Å²) < 4.78 is 3.28. The van der Waals surface area contributed by atoms with Gasteiger partial charge in [-0.15, -0.1) is 0 Å². The molecule has 84 valence electrons. The molecule has 1 fully saturated rings. The first-order valence-corrected chi connectivity index (χ1v) is 6.25. The second-order valence-corrected chi connectivity index (χ2v) is 4.89. The molecule has 2 aromatic rings. The van der Waals surface area contributed by atoms with Crippen LogP contribution in [0.4, 0.5) is 0 Å². The van der Waals surface area contributed by atoms with E-state index in [0.29, 0.717) is 15.3 Å². The van der Waals surface area contributed by atoms with E-state index < -0.39 is 0 Å². The van der Waals surface area contributed by atoms with E-state index in [9.17, 15) is 0 Å². The predicted molar refractivity (Wildman–Crippen MR) is 67.8 cm³/mol. The summed E-state index contributed by atoms with van der Waals surface area (Å²) in [5.74, 6) is 1.65.